The lowest BCUT2D eigenvalue weighted by atomic mass is 10.1. The number of aryl methyl sites for hydroxylation is 1. The highest BCUT2D eigenvalue weighted by atomic mass is 15.3. The van der Waals surface area contributed by atoms with E-state index in [1.165, 1.54) is 0 Å². The predicted octanol–water partition coefficient (Wildman–Crippen LogP) is 2.41. The molecule has 0 spiro atoms. The Morgan fingerprint density at radius 1 is 1.17 bits per heavy atom. The molecule has 0 bridgehead atoms. The molecule has 4 N–H and O–H groups in total. The molecule has 2 heterocycles. The largest absolute Gasteiger partial charge is 0.382 e. The van der Waals surface area contributed by atoms with Gasteiger partial charge in [-0.2, -0.15) is 10.4 Å². The van der Waals surface area contributed by atoms with E-state index in [2.05, 4.69) is 31.8 Å². The number of nitriles is 1. The zero-order valence-corrected chi connectivity index (χ0v) is 17.0. The van der Waals surface area contributed by atoms with Crippen molar-refractivity contribution in [3.63, 3.8) is 0 Å². The summed E-state index contributed by atoms with van der Waals surface area (Å²) >= 11 is 0. The number of nitrogens with zero attached hydrogens (tertiary/aromatic N) is 5. The first kappa shape index (κ1) is 20.9. The molecule has 0 fully saturated rings. The minimum atomic E-state index is 0.372. The summed E-state index contributed by atoms with van der Waals surface area (Å²) in [5.74, 6) is 1.11. The number of aromatic nitrogens is 3. The van der Waals surface area contributed by atoms with Crippen LogP contribution in [0.25, 0.3) is 5.69 Å². The lowest BCUT2D eigenvalue weighted by molar-refractivity contribution is 0.722. The van der Waals surface area contributed by atoms with Gasteiger partial charge in [0.2, 0.25) is 0 Å². The predicted molar refractivity (Wildman–Crippen MR) is 118 cm³/mol. The maximum atomic E-state index is 9.52. The van der Waals surface area contributed by atoms with E-state index in [4.69, 9.17) is 5.73 Å². The minimum Gasteiger partial charge on any atom is -0.382 e. The van der Waals surface area contributed by atoms with Gasteiger partial charge in [-0.05, 0) is 44.0 Å². The summed E-state index contributed by atoms with van der Waals surface area (Å²) in [4.78, 5) is 8.85. The number of guanidine groups is 1. The third-order valence-electron chi connectivity index (χ3n) is 4.46. The van der Waals surface area contributed by atoms with Crippen LogP contribution in [0.4, 0.5) is 5.82 Å². The molecule has 8 heteroatoms. The zero-order valence-electron chi connectivity index (χ0n) is 17.0. The number of aliphatic imine (C=N–C) groups is 1. The van der Waals surface area contributed by atoms with Gasteiger partial charge in [0.15, 0.2) is 5.96 Å². The van der Waals surface area contributed by atoms with Crippen LogP contribution in [-0.4, -0.2) is 33.8 Å². The Labute approximate surface area is 176 Å². The topological polar surface area (TPSA) is 117 Å². The van der Waals surface area contributed by atoms with Crippen molar-refractivity contribution in [1.29, 1.82) is 5.26 Å². The Hall–Kier alpha value is -3.86. The monoisotopic (exact) mass is 402 g/mol. The van der Waals surface area contributed by atoms with E-state index in [0.717, 1.165) is 30.3 Å². The molecular weight excluding hydrogens is 376 g/mol. The quantitative estimate of drug-likeness (QED) is 0.303. The summed E-state index contributed by atoms with van der Waals surface area (Å²) in [6, 6.07) is 17.6. The molecule has 8 nitrogen and oxygen atoms in total. The van der Waals surface area contributed by atoms with Gasteiger partial charge >= 0.3 is 0 Å². The molecule has 3 aromatic rings. The molecule has 0 saturated carbocycles. The molecule has 0 saturated heterocycles. The molecule has 0 aliphatic rings. The van der Waals surface area contributed by atoms with Gasteiger partial charge in [0.1, 0.15) is 17.5 Å². The first-order valence-electron chi connectivity index (χ1n) is 9.98. The van der Waals surface area contributed by atoms with Gasteiger partial charge in [-0.1, -0.05) is 24.3 Å². The standard InChI is InChI=1S/C22H26N8/c1-2-25-22(28-16-17-9-6-7-13-26-17)27-14-8-12-20-19(15-23)21(24)30(29-20)18-10-4-3-5-11-18/h3-7,9-11,13H,2,8,12,14,16,24H2,1H3,(H2,25,27,28). The van der Waals surface area contributed by atoms with Gasteiger partial charge in [0, 0.05) is 19.3 Å². The zero-order chi connectivity index (χ0) is 21.2. The van der Waals surface area contributed by atoms with Crippen molar-refractivity contribution in [2.45, 2.75) is 26.3 Å². The number of nitrogens with two attached hydrogens (primary N) is 1. The number of nitrogens with one attached hydrogen (secondary N) is 2. The number of pyridine rings is 1. The summed E-state index contributed by atoms with van der Waals surface area (Å²) in [5, 5.41) is 20.6. The average Bonchev–Trinajstić information content (AvgIpc) is 3.11. The molecule has 0 atom stereocenters. The fourth-order valence-electron chi connectivity index (χ4n) is 3.00. The number of hydrogen-bond donors (Lipinski definition) is 3. The lowest BCUT2D eigenvalue weighted by Crippen LogP contribution is -2.37. The molecular formula is C22H26N8. The number of hydrogen-bond acceptors (Lipinski definition) is 5. The number of anilines is 1. The van der Waals surface area contributed by atoms with Crippen molar-refractivity contribution in [3.8, 4) is 11.8 Å². The summed E-state index contributed by atoms with van der Waals surface area (Å²) in [6.45, 7) is 3.99. The fraction of sp³-hybridized carbons (Fsp3) is 0.273. The van der Waals surface area contributed by atoms with Gasteiger partial charge in [-0.15, -0.1) is 0 Å². The first-order chi connectivity index (χ1) is 14.7. The number of rotatable bonds is 8. The van der Waals surface area contributed by atoms with Gasteiger partial charge < -0.3 is 16.4 Å². The Balaban J connectivity index is 1.59. The van der Waals surface area contributed by atoms with Crippen molar-refractivity contribution < 1.29 is 0 Å². The molecule has 3 rings (SSSR count). The van der Waals surface area contributed by atoms with E-state index < -0.39 is 0 Å². The highest BCUT2D eigenvalue weighted by Crippen LogP contribution is 2.21. The summed E-state index contributed by atoms with van der Waals surface area (Å²) in [7, 11) is 0. The van der Waals surface area contributed by atoms with Crippen molar-refractivity contribution >= 4 is 11.8 Å². The van der Waals surface area contributed by atoms with Crippen molar-refractivity contribution in [2.24, 2.45) is 4.99 Å². The highest BCUT2D eigenvalue weighted by molar-refractivity contribution is 5.79. The van der Waals surface area contributed by atoms with Crippen LogP contribution < -0.4 is 16.4 Å². The molecule has 0 amide bonds. The summed E-state index contributed by atoms with van der Waals surface area (Å²) < 4.78 is 1.62. The Morgan fingerprint density at radius 3 is 2.67 bits per heavy atom. The van der Waals surface area contributed by atoms with Crippen LogP contribution in [0, 0.1) is 11.3 Å². The van der Waals surface area contributed by atoms with E-state index in [9.17, 15) is 5.26 Å². The molecule has 1 aromatic carbocycles. The third-order valence-corrected chi connectivity index (χ3v) is 4.46. The lowest BCUT2D eigenvalue weighted by Gasteiger charge is -2.10. The Morgan fingerprint density at radius 2 is 1.97 bits per heavy atom. The average molecular weight is 403 g/mol. The van der Waals surface area contributed by atoms with E-state index >= 15 is 0 Å². The van der Waals surface area contributed by atoms with E-state index in [-0.39, 0.29) is 0 Å². The van der Waals surface area contributed by atoms with Crippen molar-refractivity contribution in [3.05, 3.63) is 71.7 Å². The smallest absolute Gasteiger partial charge is 0.191 e. The normalized spacial score (nSPS) is 11.1. The van der Waals surface area contributed by atoms with Crippen LogP contribution >= 0.6 is 0 Å². The second kappa shape index (κ2) is 10.6. The van der Waals surface area contributed by atoms with Crippen molar-refractivity contribution in [2.75, 3.05) is 18.8 Å². The Bertz CT molecular complexity index is 1000. The van der Waals surface area contributed by atoms with Crippen LogP contribution in [0.2, 0.25) is 0 Å². The maximum absolute atomic E-state index is 9.52. The van der Waals surface area contributed by atoms with Crippen LogP contribution in [0.3, 0.4) is 0 Å². The Kier molecular flexibility index (Phi) is 7.39. The van der Waals surface area contributed by atoms with Gasteiger partial charge in [-0.25, -0.2) is 9.67 Å². The van der Waals surface area contributed by atoms with Crippen LogP contribution in [0.15, 0.2) is 59.7 Å². The summed E-state index contributed by atoms with van der Waals surface area (Å²) in [6.07, 6.45) is 3.19. The van der Waals surface area contributed by atoms with Crippen LogP contribution in [0.5, 0.6) is 0 Å². The second-order valence-electron chi connectivity index (χ2n) is 6.61. The molecule has 30 heavy (non-hydrogen) atoms. The van der Waals surface area contributed by atoms with Crippen molar-refractivity contribution in [1.82, 2.24) is 25.4 Å². The van der Waals surface area contributed by atoms with E-state index in [1.807, 2.05) is 55.5 Å². The number of nitrogen functional groups attached to an aromatic ring is 1. The molecule has 0 radical (unpaired) electrons. The van der Waals surface area contributed by atoms with E-state index in [1.54, 1.807) is 10.9 Å². The second-order valence-corrected chi connectivity index (χ2v) is 6.61. The fourth-order valence-corrected chi connectivity index (χ4v) is 3.00. The molecule has 2 aromatic heterocycles. The highest BCUT2D eigenvalue weighted by Gasteiger charge is 2.16. The molecule has 0 aliphatic heterocycles. The first-order valence-corrected chi connectivity index (χ1v) is 9.98. The molecule has 154 valence electrons. The SMILES string of the molecule is CCNC(=NCc1ccccn1)NCCCc1nn(-c2ccccc2)c(N)c1C#N. The van der Waals surface area contributed by atoms with E-state index in [0.29, 0.717) is 36.6 Å². The molecule has 0 unspecified atom stereocenters. The molecule has 0 aliphatic carbocycles. The maximum Gasteiger partial charge on any atom is 0.191 e. The van der Waals surface area contributed by atoms with Crippen LogP contribution in [0.1, 0.15) is 30.3 Å². The van der Waals surface area contributed by atoms with Gasteiger partial charge in [-0.3, -0.25) is 4.98 Å². The number of para-hydroxylation sites is 1. The minimum absolute atomic E-state index is 0.372. The third kappa shape index (κ3) is 5.35. The number of benzene rings is 1. The summed E-state index contributed by atoms with van der Waals surface area (Å²) in [5.41, 5.74) is 9.06. The van der Waals surface area contributed by atoms with Gasteiger partial charge in [0.25, 0.3) is 0 Å². The van der Waals surface area contributed by atoms with Crippen LogP contribution in [-0.2, 0) is 13.0 Å². The van der Waals surface area contributed by atoms with Gasteiger partial charge in [0.05, 0.1) is 23.6 Å².